The molecular weight excluding hydrogens is 376 g/mol. The number of hydrogen-bond donors (Lipinski definition) is 2. The van der Waals surface area contributed by atoms with Crippen molar-refractivity contribution in [3.05, 3.63) is 104 Å². The minimum atomic E-state index is -0.580. The van der Waals surface area contributed by atoms with Gasteiger partial charge in [0.05, 0.1) is 15.4 Å². The third-order valence-corrected chi connectivity index (χ3v) is 4.12. The van der Waals surface area contributed by atoms with Crippen molar-refractivity contribution in [1.82, 2.24) is 0 Å². The number of nitrogens with one attached hydrogen (secondary N) is 2. The van der Waals surface area contributed by atoms with Gasteiger partial charge in [-0.2, -0.15) is 0 Å². The zero-order valence-corrected chi connectivity index (χ0v) is 15.1. The largest absolute Gasteiger partial charge is 0.380 e. The highest BCUT2D eigenvalue weighted by atomic mass is 16.6. The fourth-order valence-corrected chi connectivity index (χ4v) is 2.65. The molecule has 0 aliphatic rings. The predicted molar refractivity (Wildman–Crippen MR) is 108 cm³/mol. The lowest BCUT2D eigenvalue weighted by Gasteiger charge is -2.12. The van der Waals surface area contributed by atoms with Gasteiger partial charge in [0.15, 0.2) is 0 Å². The standard InChI is InChI=1S/C20H16N4O5/c25-20(22-15-6-8-16(9-7-15)23(26)27)18-12-17(24(28)29)10-11-19(18)21-13-14-4-2-1-3-5-14/h1-12,21H,13H2,(H,22,25). The van der Waals surface area contributed by atoms with Gasteiger partial charge in [-0.05, 0) is 23.8 Å². The van der Waals surface area contributed by atoms with Crippen molar-refractivity contribution in [1.29, 1.82) is 0 Å². The number of carbonyl (C=O) groups is 1. The van der Waals surface area contributed by atoms with Crippen molar-refractivity contribution in [2.45, 2.75) is 6.54 Å². The quantitative estimate of drug-likeness (QED) is 0.454. The molecule has 0 fully saturated rings. The zero-order valence-electron chi connectivity index (χ0n) is 15.1. The maximum atomic E-state index is 12.7. The Morgan fingerprint density at radius 2 is 1.45 bits per heavy atom. The monoisotopic (exact) mass is 392 g/mol. The molecule has 0 atom stereocenters. The number of non-ortho nitro benzene ring substituents is 2. The summed E-state index contributed by atoms with van der Waals surface area (Å²) in [6, 6.07) is 18.8. The van der Waals surface area contributed by atoms with Crippen molar-refractivity contribution in [2.75, 3.05) is 10.6 Å². The molecule has 3 aromatic carbocycles. The van der Waals surface area contributed by atoms with Crippen LogP contribution in [0, 0.1) is 20.2 Å². The Balaban J connectivity index is 1.84. The highest BCUT2D eigenvalue weighted by molar-refractivity contribution is 6.08. The average Bonchev–Trinajstić information content (AvgIpc) is 2.73. The molecule has 0 radical (unpaired) electrons. The van der Waals surface area contributed by atoms with Crippen LogP contribution in [0.25, 0.3) is 0 Å². The molecule has 9 nitrogen and oxygen atoms in total. The minimum Gasteiger partial charge on any atom is -0.380 e. The molecule has 0 heterocycles. The Morgan fingerprint density at radius 3 is 2.07 bits per heavy atom. The van der Waals surface area contributed by atoms with Gasteiger partial charge in [0, 0.05) is 42.2 Å². The van der Waals surface area contributed by atoms with Crippen LogP contribution in [0.3, 0.4) is 0 Å². The van der Waals surface area contributed by atoms with Gasteiger partial charge < -0.3 is 10.6 Å². The van der Waals surface area contributed by atoms with E-state index in [1.54, 1.807) is 0 Å². The van der Waals surface area contributed by atoms with E-state index in [9.17, 15) is 25.0 Å². The van der Waals surface area contributed by atoms with E-state index in [1.807, 2.05) is 30.3 Å². The van der Waals surface area contributed by atoms with E-state index in [0.717, 1.165) is 5.56 Å². The summed E-state index contributed by atoms with van der Waals surface area (Å²) >= 11 is 0. The summed E-state index contributed by atoms with van der Waals surface area (Å²) in [6.07, 6.45) is 0. The number of nitro benzene ring substituents is 2. The van der Waals surface area contributed by atoms with Crippen LogP contribution in [0.15, 0.2) is 72.8 Å². The Morgan fingerprint density at radius 1 is 0.828 bits per heavy atom. The number of carbonyl (C=O) groups excluding carboxylic acids is 1. The number of rotatable bonds is 7. The summed E-state index contributed by atoms with van der Waals surface area (Å²) in [4.78, 5) is 33.5. The number of nitrogens with zero attached hydrogens (tertiary/aromatic N) is 2. The Labute approximate surface area is 165 Å². The Kier molecular flexibility index (Phi) is 5.79. The lowest BCUT2D eigenvalue weighted by Crippen LogP contribution is -2.15. The maximum absolute atomic E-state index is 12.7. The van der Waals surface area contributed by atoms with E-state index < -0.39 is 15.8 Å². The SMILES string of the molecule is O=C(Nc1ccc([N+](=O)[O-])cc1)c1cc([N+](=O)[O-])ccc1NCc1ccccc1. The van der Waals surface area contributed by atoms with Crippen LogP contribution >= 0.6 is 0 Å². The summed E-state index contributed by atoms with van der Waals surface area (Å²) in [5.74, 6) is -0.571. The Hall–Kier alpha value is -4.27. The van der Waals surface area contributed by atoms with E-state index in [2.05, 4.69) is 10.6 Å². The van der Waals surface area contributed by atoms with E-state index in [-0.39, 0.29) is 16.9 Å². The lowest BCUT2D eigenvalue weighted by atomic mass is 10.1. The van der Waals surface area contributed by atoms with Crippen molar-refractivity contribution in [3.63, 3.8) is 0 Å². The molecule has 0 saturated heterocycles. The topological polar surface area (TPSA) is 127 Å². The minimum absolute atomic E-state index is 0.0912. The zero-order chi connectivity index (χ0) is 20.8. The molecule has 0 aromatic heterocycles. The molecule has 3 rings (SSSR count). The van der Waals surface area contributed by atoms with Gasteiger partial charge in [-0.25, -0.2) is 0 Å². The van der Waals surface area contributed by atoms with Gasteiger partial charge in [0.2, 0.25) is 0 Å². The second kappa shape index (κ2) is 8.61. The molecule has 0 aliphatic carbocycles. The van der Waals surface area contributed by atoms with Crippen LogP contribution in [0.1, 0.15) is 15.9 Å². The molecule has 0 spiro atoms. The van der Waals surface area contributed by atoms with E-state index >= 15 is 0 Å². The first kappa shape index (κ1) is 19.5. The molecule has 0 saturated carbocycles. The number of amides is 1. The molecule has 3 aromatic rings. The van der Waals surface area contributed by atoms with E-state index in [0.29, 0.717) is 17.9 Å². The smallest absolute Gasteiger partial charge is 0.270 e. The number of nitro groups is 2. The van der Waals surface area contributed by atoms with Gasteiger partial charge in [-0.3, -0.25) is 25.0 Å². The number of benzene rings is 3. The van der Waals surface area contributed by atoms with Crippen molar-refractivity contribution in [2.24, 2.45) is 0 Å². The Bertz CT molecular complexity index is 1050. The number of hydrogen-bond acceptors (Lipinski definition) is 6. The van der Waals surface area contributed by atoms with Gasteiger partial charge in [-0.15, -0.1) is 0 Å². The maximum Gasteiger partial charge on any atom is 0.270 e. The lowest BCUT2D eigenvalue weighted by molar-refractivity contribution is -0.385. The molecule has 0 unspecified atom stereocenters. The first-order chi connectivity index (χ1) is 13.9. The van der Waals surface area contributed by atoms with Gasteiger partial charge in [0.25, 0.3) is 17.3 Å². The van der Waals surface area contributed by atoms with E-state index in [1.165, 1.54) is 42.5 Å². The van der Waals surface area contributed by atoms with Crippen LogP contribution in [-0.2, 0) is 6.54 Å². The van der Waals surface area contributed by atoms with Crippen LogP contribution in [0.2, 0.25) is 0 Å². The predicted octanol–water partition coefficient (Wildman–Crippen LogP) is 4.37. The van der Waals surface area contributed by atoms with Gasteiger partial charge in [-0.1, -0.05) is 30.3 Å². The summed E-state index contributed by atoms with van der Waals surface area (Å²) in [7, 11) is 0. The van der Waals surface area contributed by atoms with Crippen LogP contribution in [0.5, 0.6) is 0 Å². The summed E-state index contributed by atoms with van der Waals surface area (Å²) < 4.78 is 0. The molecule has 0 bridgehead atoms. The molecule has 2 N–H and O–H groups in total. The van der Waals surface area contributed by atoms with Crippen molar-refractivity contribution in [3.8, 4) is 0 Å². The fourth-order valence-electron chi connectivity index (χ4n) is 2.65. The van der Waals surface area contributed by atoms with Crippen molar-refractivity contribution < 1.29 is 14.6 Å². The average molecular weight is 392 g/mol. The molecular formula is C20H16N4O5. The van der Waals surface area contributed by atoms with Crippen LogP contribution < -0.4 is 10.6 Å². The normalized spacial score (nSPS) is 10.2. The van der Waals surface area contributed by atoms with Crippen LogP contribution in [-0.4, -0.2) is 15.8 Å². The first-order valence-electron chi connectivity index (χ1n) is 8.56. The third kappa shape index (κ3) is 4.92. The summed E-state index contributed by atoms with van der Waals surface area (Å²) in [5.41, 5.74) is 1.51. The second-order valence-corrected chi connectivity index (χ2v) is 6.08. The molecule has 0 aliphatic heterocycles. The fraction of sp³-hybridized carbons (Fsp3) is 0.0500. The summed E-state index contributed by atoms with van der Waals surface area (Å²) in [6.45, 7) is 0.427. The molecule has 146 valence electrons. The first-order valence-corrected chi connectivity index (χ1v) is 8.56. The highest BCUT2D eigenvalue weighted by Gasteiger charge is 2.17. The van der Waals surface area contributed by atoms with Gasteiger partial charge in [0.1, 0.15) is 0 Å². The van der Waals surface area contributed by atoms with Crippen molar-refractivity contribution >= 4 is 28.7 Å². The van der Waals surface area contributed by atoms with Gasteiger partial charge >= 0.3 is 0 Å². The molecule has 1 amide bonds. The third-order valence-electron chi connectivity index (χ3n) is 4.12. The number of anilines is 2. The second-order valence-electron chi connectivity index (χ2n) is 6.08. The highest BCUT2D eigenvalue weighted by Crippen LogP contribution is 2.24. The molecule has 29 heavy (non-hydrogen) atoms. The van der Waals surface area contributed by atoms with E-state index in [4.69, 9.17) is 0 Å². The van der Waals surface area contributed by atoms with Crippen LogP contribution in [0.4, 0.5) is 22.7 Å². The molecule has 9 heteroatoms. The summed E-state index contributed by atoms with van der Waals surface area (Å²) in [5, 5.41) is 27.6.